The van der Waals surface area contributed by atoms with Crippen molar-refractivity contribution in [1.29, 1.82) is 0 Å². The summed E-state index contributed by atoms with van der Waals surface area (Å²) in [6, 6.07) is 4.94. The number of hydrogen-bond donors (Lipinski definition) is 2. The molecule has 1 rings (SSSR count). The number of alkyl halides is 3. The Bertz CT molecular complexity index is 504. The number of benzene rings is 1. The summed E-state index contributed by atoms with van der Waals surface area (Å²) in [6.07, 6.45) is -5.02. The van der Waals surface area contributed by atoms with E-state index in [1.807, 2.05) is 0 Å². The molecule has 1 aromatic rings. The Kier molecular flexibility index (Phi) is 5.83. The van der Waals surface area contributed by atoms with Crippen molar-refractivity contribution in [3.63, 3.8) is 0 Å². The molecule has 0 atom stereocenters. The lowest BCUT2D eigenvalue weighted by Crippen LogP contribution is -2.24. The monoisotopic (exact) mass is 305 g/mol. The number of methoxy groups -OCH3 is 1. The number of nitrogens with zero attached hydrogens (tertiary/aromatic N) is 2. The number of nitrogens with two attached hydrogens (primary N) is 1. The maximum absolute atomic E-state index is 12.2. The fraction of sp³-hybridized carbons (Fsp3) is 0.462. The topological polar surface area (TPSA) is 71.1 Å². The molecule has 0 aromatic heterocycles. The lowest BCUT2D eigenvalue weighted by molar-refractivity contribution is -0.137. The highest BCUT2D eigenvalue weighted by Gasteiger charge is 2.27. The fourth-order valence-corrected chi connectivity index (χ4v) is 1.81. The quantitative estimate of drug-likeness (QED) is 0.366. The molecular weight excluding hydrogens is 287 g/mol. The van der Waals surface area contributed by atoms with Crippen LogP contribution in [0.5, 0.6) is 5.75 Å². The van der Waals surface area contributed by atoms with Crippen LogP contribution in [-0.4, -0.2) is 42.8 Å². The van der Waals surface area contributed by atoms with Crippen LogP contribution >= 0.6 is 0 Å². The third-order valence-electron chi connectivity index (χ3n) is 2.88. The maximum atomic E-state index is 12.2. The molecule has 0 spiro atoms. The second-order valence-corrected chi connectivity index (χ2v) is 4.62. The molecule has 0 saturated heterocycles. The predicted octanol–water partition coefficient (Wildman–Crippen LogP) is 2.17. The summed E-state index contributed by atoms with van der Waals surface area (Å²) < 4.78 is 41.6. The van der Waals surface area contributed by atoms with Crippen LogP contribution in [-0.2, 0) is 6.54 Å². The van der Waals surface area contributed by atoms with Gasteiger partial charge in [0.1, 0.15) is 5.75 Å². The minimum atomic E-state index is -4.16. The van der Waals surface area contributed by atoms with Crippen LogP contribution < -0.4 is 10.5 Å². The standard InChI is InChI=1S/C13H18F3N3O2/c1-19(6-5-13(14,15)16)8-9-3-4-10(12(17)18-20)11(7-9)21-2/h3-4,7,20H,5-6,8H2,1-2H3,(H2,17,18). The summed E-state index contributed by atoms with van der Waals surface area (Å²) in [5, 5.41) is 11.6. The third kappa shape index (κ3) is 5.50. The lowest BCUT2D eigenvalue weighted by atomic mass is 10.1. The van der Waals surface area contributed by atoms with Gasteiger partial charge in [0.05, 0.1) is 19.1 Å². The number of ether oxygens (including phenoxy) is 1. The molecule has 0 aliphatic rings. The molecule has 0 radical (unpaired) electrons. The van der Waals surface area contributed by atoms with Crippen LogP contribution in [0.15, 0.2) is 23.4 Å². The van der Waals surface area contributed by atoms with Crippen molar-refractivity contribution >= 4 is 5.84 Å². The lowest BCUT2D eigenvalue weighted by Gasteiger charge is -2.18. The highest BCUT2D eigenvalue weighted by Crippen LogP contribution is 2.22. The molecule has 21 heavy (non-hydrogen) atoms. The SMILES string of the molecule is COc1cc(CN(C)CCC(F)(F)F)ccc1/C(N)=N/O. The summed E-state index contributed by atoms with van der Waals surface area (Å²) in [5.41, 5.74) is 6.69. The van der Waals surface area contributed by atoms with Gasteiger partial charge in [0, 0.05) is 13.1 Å². The second-order valence-electron chi connectivity index (χ2n) is 4.62. The minimum absolute atomic E-state index is 0.0895. The van der Waals surface area contributed by atoms with Crippen molar-refractivity contribution in [2.24, 2.45) is 10.9 Å². The van der Waals surface area contributed by atoms with Crippen molar-refractivity contribution in [2.45, 2.75) is 19.1 Å². The van der Waals surface area contributed by atoms with Crippen LogP contribution in [0.1, 0.15) is 17.5 Å². The average molecular weight is 305 g/mol. The van der Waals surface area contributed by atoms with Crippen molar-refractivity contribution < 1.29 is 23.1 Å². The molecule has 3 N–H and O–H groups in total. The zero-order chi connectivity index (χ0) is 16.0. The molecule has 5 nitrogen and oxygen atoms in total. The Morgan fingerprint density at radius 1 is 1.43 bits per heavy atom. The van der Waals surface area contributed by atoms with Crippen molar-refractivity contribution in [3.8, 4) is 5.75 Å². The molecule has 0 aliphatic heterocycles. The highest BCUT2D eigenvalue weighted by atomic mass is 19.4. The fourth-order valence-electron chi connectivity index (χ4n) is 1.81. The molecule has 0 fully saturated rings. The first-order chi connectivity index (χ1) is 9.76. The minimum Gasteiger partial charge on any atom is -0.496 e. The number of halogens is 3. The maximum Gasteiger partial charge on any atom is 0.390 e. The molecule has 0 unspecified atom stereocenters. The van der Waals surface area contributed by atoms with Gasteiger partial charge in [0.25, 0.3) is 0 Å². The van der Waals surface area contributed by atoms with E-state index < -0.39 is 12.6 Å². The van der Waals surface area contributed by atoms with Gasteiger partial charge in [-0.2, -0.15) is 13.2 Å². The smallest absolute Gasteiger partial charge is 0.390 e. The number of amidine groups is 1. The summed E-state index contributed by atoms with van der Waals surface area (Å²) in [5.74, 6) is 0.302. The van der Waals surface area contributed by atoms with Crippen molar-refractivity contribution in [1.82, 2.24) is 4.90 Å². The van der Waals surface area contributed by atoms with Crippen LogP contribution in [0.2, 0.25) is 0 Å². The zero-order valence-electron chi connectivity index (χ0n) is 11.8. The third-order valence-corrected chi connectivity index (χ3v) is 2.88. The van der Waals surface area contributed by atoms with E-state index in [1.165, 1.54) is 7.11 Å². The molecule has 0 bridgehead atoms. The summed E-state index contributed by atoms with van der Waals surface area (Å²) in [7, 11) is 3.04. The highest BCUT2D eigenvalue weighted by molar-refractivity contribution is 5.99. The Morgan fingerprint density at radius 3 is 2.62 bits per heavy atom. The van der Waals surface area contributed by atoms with Crippen LogP contribution in [0.3, 0.4) is 0 Å². The number of rotatable bonds is 6. The number of oxime groups is 1. The molecule has 118 valence electrons. The summed E-state index contributed by atoms with van der Waals surface area (Å²) >= 11 is 0. The van der Waals surface area contributed by atoms with E-state index in [4.69, 9.17) is 15.7 Å². The van der Waals surface area contributed by atoms with E-state index in [9.17, 15) is 13.2 Å². The van der Waals surface area contributed by atoms with E-state index in [1.54, 1.807) is 30.1 Å². The first kappa shape index (κ1) is 17.1. The van der Waals surface area contributed by atoms with Gasteiger partial charge in [-0.15, -0.1) is 0 Å². The van der Waals surface area contributed by atoms with Crippen molar-refractivity contribution in [3.05, 3.63) is 29.3 Å². The van der Waals surface area contributed by atoms with Gasteiger partial charge in [-0.05, 0) is 24.7 Å². The van der Waals surface area contributed by atoms with E-state index in [0.29, 0.717) is 17.9 Å². The average Bonchev–Trinajstić information content (AvgIpc) is 2.43. The molecule has 0 saturated carbocycles. The molecule has 8 heteroatoms. The van der Waals surface area contributed by atoms with Crippen LogP contribution in [0.4, 0.5) is 13.2 Å². The van der Waals surface area contributed by atoms with E-state index in [2.05, 4.69) is 5.16 Å². The van der Waals surface area contributed by atoms with Gasteiger partial charge < -0.3 is 20.6 Å². The summed E-state index contributed by atoms with van der Waals surface area (Å²) in [4.78, 5) is 1.56. The zero-order valence-corrected chi connectivity index (χ0v) is 11.8. The number of hydrogen-bond acceptors (Lipinski definition) is 4. The van der Waals surface area contributed by atoms with Gasteiger partial charge in [0.2, 0.25) is 0 Å². The normalized spacial score (nSPS) is 12.8. The molecule has 0 amide bonds. The Hall–Kier alpha value is -1.96. The Labute approximate surface area is 120 Å². The van der Waals surface area contributed by atoms with Gasteiger partial charge in [-0.3, -0.25) is 0 Å². The Morgan fingerprint density at radius 2 is 2.10 bits per heavy atom. The van der Waals surface area contributed by atoms with Crippen molar-refractivity contribution in [2.75, 3.05) is 20.7 Å². The van der Waals surface area contributed by atoms with E-state index in [-0.39, 0.29) is 12.4 Å². The summed E-state index contributed by atoms with van der Waals surface area (Å²) in [6.45, 7) is 0.247. The van der Waals surface area contributed by atoms with Crippen LogP contribution in [0, 0.1) is 0 Å². The van der Waals surface area contributed by atoms with Crippen LogP contribution in [0.25, 0.3) is 0 Å². The van der Waals surface area contributed by atoms with Gasteiger partial charge >= 0.3 is 6.18 Å². The molecule has 1 aromatic carbocycles. The predicted molar refractivity (Wildman–Crippen MR) is 72.5 cm³/mol. The van der Waals surface area contributed by atoms with E-state index >= 15 is 0 Å². The van der Waals surface area contributed by atoms with Gasteiger partial charge in [0.15, 0.2) is 5.84 Å². The van der Waals surface area contributed by atoms with E-state index in [0.717, 1.165) is 5.56 Å². The first-order valence-electron chi connectivity index (χ1n) is 6.17. The van der Waals surface area contributed by atoms with Gasteiger partial charge in [-0.1, -0.05) is 11.2 Å². The van der Waals surface area contributed by atoms with Gasteiger partial charge in [-0.25, -0.2) is 0 Å². The first-order valence-corrected chi connectivity index (χ1v) is 6.17. The molecule has 0 aliphatic carbocycles. The largest absolute Gasteiger partial charge is 0.496 e. The Balaban J connectivity index is 2.77. The second kappa shape index (κ2) is 7.16. The molecule has 0 heterocycles. The molecular formula is C13H18F3N3O2.